The first kappa shape index (κ1) is 12.2. The van der Waals surface area contributed by atoms with Crippen LogP contribution >= 0.6 is 15.9 Å². The smallest absolute Gasteiger partial charge is 0.161 e. The summed E-state index contributed by atoms with van der Waals surface area (Å²) >= 11 is 3.39. The summed E-state index contributed by atoms with van der Waals surface area (Å²) in [4.78, 5) is 13.7. The summed E-state index contributed by atoms with van der Waals surface area (Å²) in [6.07, 6.45) is 0. The van der Waals surface area contributed by atoms with Crippen LogP contribution < -0.4 is 4.90 Å². The van der Waals surface area contributed by atoms with E-state index in [1.807, 2.05) is 18.2 Å². The van der Waals surface area contributed by atoms with Gasteiger partial charge in [0.05, 0.1) is 0 Å². The predicted octanol–water partition coefficient (Wildman–Crippen LogP) is 3.50. The number of hydrogen-bond donors (Lipinski definition) is 0. The van der Waals surface area contributed by atoms with Crippen LogP contribution in [0.4, 0.5) is 5.69 Å². The van der Waals surface area contributed by atoms with Crippen LogP contribution in [0, 0.1) is 0 Å². The normalized spacial score (nSPS) is 10.1. The van der Waals surface area contributed by atoms with Crippen molar-refractivity contribution in [2.24, 2.45) is 0 Å². The Bertz CT molecular complexity index is 359. The van der Waals surface area contributed by atoms with Crippen molar-refractivity contribution in [2.75, 3.05) is 18.0 Å². The van der Waals surface area contributed by atoms with Gasteiger partial charge in [0.1, 0.15) is 0 Å². The average molecular weight is 270 g/mol. The summed E-state index contributed by atoms with van der Waals surface area (Å²) in [7, 11) is 0. The van der Waals surface area contributed by atoms with E-state index in [1.165, 1.54) is 0 Å². The van der Waals surface area contributed by atoms with Crippen LogP contribution in [0.15, 0.2) is 22.7 Å². The van der Waals surface area contributed by atoms with Gasteiger partial charge < -0.3 is 4.90 Å². The molecule has 0 amide bonds. The zero-order valence-corrected chi connectivity index (χ0v) is 11.0. The third kappa shape index (κ3) is 2.81. The van der Waals surface area contributed by atoms with Crippen molar-refractivity contribution < 1.29 is 4.79 Å². The molecule has 1 rings (SSSR count). The Morgan fingerprint density at radius 3 is 2.40 bits per heavy atom. The molecule has 0 heterocycles. The van der Waals surface area contributed by atoms with Crippen molar-refractivity contribution in [1.29, 1.82) is 0 Å². The van der Waals surface area contributed by atoms with Gasteiger partial charge in [-0.25, -0.2) is 0 Å². The first-order valence-electron chi connectivity index (χ1n) is 5.15. The average Bonchev–Trinajstić information content (AvgIpc) is 2.21. The van der Waals surface area contributed by atoms with Gasteiger partial charge >= 0.3 is 0 Å². The second kappa shape index (κ2) is 5.31. The minimum absolute atomic E-state index is 0.109. The third-order valence-corrected chi connectivity index (χ3v) is 2.94. The maximum absolute atomic E-state index is 11.5. The van der Waals surface area contributed by atoms with Crippen LogP contribution in [0.1, 0.15) is 31.1 Å². The lowest BCUT2D eigenvalue weighted by Crippen LogP contribution is -2.23. The van der Waals surface area contributed by atoms with Crippen LogP contribution in [0.5, 0.6) is 0 Å². The molecule has 0 unspecified atom stereocenters. The number of nitrogens with zero attached hydrogens (tertiary/aromatic N) is 1. The van der Waals surface area contributed by atoms with Crippen molar-refractivity contribution in [3.05, 3.63) is 28.2 Å². The standard InChI is InChI=1S/C12H16BrNO/c1-4-14(5-2)12-7-6-10(13)8-11(12)9(3)15/h6-8H,4-5H2,1-3H3. The molecule has 82 valence electrons. The lowest BCUT2D eigenvalue weighted by atomic mass is 10.1. The molecule has 1 aromatic rings. The Hall–Kier alpha value is -0.830. The Balaban J connectivity index is 3.21. The molecule has 1 aromatic carbocycles. The Kier molecular flexibility index (Phi) is 4.33. The van der Waals surface area contributed by atoms with Gasteiger partial charge in [-0.2, -0.15) is 0 Å². The van der Waals surface area contributed by atoms with Crippen LogP contribution in [-0.4, -0.2) is 18.9 Å². The van der Waals surface area contributed by atoms with E-state index < -0.39 is 0 Å². The summed E-state index contributed by atoms with van der Waals surface area (Å²) in [6, 6.07) is 5.85. The summed E-state index contributed by atoms with van der Waals surface area (Å²) in [5.74, 6) is 0.109. The lowest BCUT2D eigenvalue weighted by molar-refractivity contribution is 0.101. The fraction of sp³-hybridized carbons (Fsp3) is 0.417. The van der Waals surface area contributed by atoms with Crippen LogP contribution in [-0.2, 0) is 0 Å². The molecule has 0 aliphatic heterocycles. The van der Waals surface area contributed by atoms with E-state index in [0.29, 0.717) is 0 Å². The zero-order chi connectivity index (χ0) is 11.4. The van der Waals surface area contributed by atoms with E-state index in [1.54, 1.807) is 6.92 Å². The number of hydrogen-bond acceptors (Lipinski definition) is 2. The molecule has 0 aliphatic carbocycles. The number of ketones is 1. The first-order chi connectivity index (χ1) is 7.10. The second-order valence-electron chi connectivity index (χ2n) is 3.39. The molecule has 0 N–H and O–H groups in total. The maximum atomic E-state index is 11.5. The van der Waals surface area contributed by atoms with Crippen molar-refractivity contribution >= 4 is 27.4 Å². The van der Waals surface area contributed by atoms with Crippen LogP contribution in [0.2, 0.25) is 0 Å². The maximum Gasteiger partial charge on any atom is 0.161 e. The number of halogens is 1. The van der Waals surface area contributed by atoms with E-state index >= 15 is 0 Å². The molecule has 0 bridgehead atoms. The molecule has 0 aliphatic rings. The molecule has 0 fully saturated rings. The summed E-state index contributed by atoms with van der Waals surface area (Å²) < 4.78 is 0.948. The van der Waals surface area contributed by atoms with Gasteiger partial charge in [0.15, 0.2) is 5.78 Å². The molecule has 0 aromatic heterocycles. The molecule has 15 heavy (non-hydrogen) atoms. The topological polar surface area (TPSA) is 20.3 Å². The summed E-state index contributed by atoms with van der Waals surface area (Å²) in [5.41, 5.74) is 1.81. The van der Waals surface area contributed by atoms with Gasteiger partial charge in [0.2, 0.25) is 0 Å². The lowest BCUT2D eigenvalue weighted by Gasteiger charge is -2.23. The van der Waals surface area contributed by atoms with Gasteiger partial charge in [-0.3, -0.25) is 4.79 Å². The number of carbonyl (C=O) groups is 1. The fourth-order valence-corrected chi connectivity index (χ4v) is 1.99. The SMILES string of the molecule is CCN(CC)c1ccc(Br)cc1C(C)=O. The highest BCUT2D eigenvalue weighted by Gasteiger charge is 2.11. The Morgan fingerprint density at radius 2 is 1.93 bits per heavy atom. The third-order valence-electron chi connectivity index (χ3n) is 2.44. The highest BCUT2D eigenvalue weighted by Crippen LogP contribution is 2.24. The van der Waals surface area contributed by atoms with Crippen molar-refractivity contribution in [3.63, 3.8) is 0 Å². The van der Waals surface area contributed by atoms with Gasteiger partial charge in [0.25, 0.3) is 0 Å². The molecule has 0 atom stereocenters. The van der Waals surface area contributed by atoms with E-state index in [-0.39, 0.29) is 5.78 Å². The summed E-state index contributed by atoms with van der Waals surface area (Å²) in [6.45, 7) is 7.62. The quantitative estimate of drug-likeness (QED) is 0.780. The molecular weight excluding hydrogens is 254 g/mol. The number of carbonyl (C=O) groups excluding carboxylic acids is 1. The number of anilines is 1. The van der Waals surface area contributed by atoms with Crippen molar-refractivity contribution in [1.82, 2.24) is 0 Å². The highest BCUT2D eigenvalue weighted by molar-refractivity contribution is 9.10. The van der Waals surface area contributed by atoms with E-state index in [4.69, 9.17) is 0 Å². The molecule has 0 saturated heterocycles. The monoisotopic (exact) mass is 269 g/mol. The van der Waals surface area contributed by atoms with Gasteiger partial charge in [0, 0.05) is 28.8 Å². The largest absolute Gasteiger partial charge is 0.372 e. The molecule has 3 heteroatoms. The number of Topliss-reactive ketones (excluding diaryl/α,β-unsaturated/α-hetero) is 1. The van der Waals surface area contributed by atoms with Gasteiger partial charge in [-0.1, -0.05) is 15.9 Å². The van der Waals surface area contributed by atoms with Crippen molar-refractivity contribution in [3.8, 4) is 0 Å². The van der Waals surface area contributed by atoms with Gasteiger partial charge in [-0.05, 0) is 39.0 Å². The van der Waals surface area contributed by atoms with E-state index in [2.05, 4.69) is 34.7 Å². The number of rotatable bonds is 4. The van der Waals surface area contributed by atoms with Crippen molar-refractivity contribution in [2.45, 2.75) is 20.8 Å². The zero-order valence-electron chi connectivity index (χ0n) is 9.38. The first-order valence-corrected chi connectivity index (χ1v) is 5.94. The van der Waals surface area contributed by atoms with E-state index in [0.717, 1.165) is 28.8 Å². The van der Waals surface area contributed by atoms with E-state index in [9.17, 15) is 4.79 Å². The highest BCUT2D eigenvalue weighted by atomic mass is 79.9. The Labute approximate surface area is 99.4 Å². The van der Waals surface area contributed by atoms with Crippen LogP contribution in [0.25, 0.3) is 0 Å². The molecule has 2 nitrogen and oxygen atoms in total. The summed E-state index contributed by atoms with van der Waals surface area (Å²) in [5, 5.41) is 0. The van der Waals surface area contributed by atoms with Gasteiger partial charge in [-0.15, -0.1) is 0 Å². The molecule has 0 saturated carbocycles. The second-order valence-corrected chi connectivity index (χ2v) is 4.31. The molecular formula is C12H16BrNO. The number of benzene rings is 1. The molecule has 0 spiro atoms. The predicted molar refractivity (Wildman–Crippen MR) is 67.7 cm³/mol. The minimum atomic E-state index is 0.109. The van der Waals surface area contributed by atoms with Crippen LogP contribution in [0.3, 0.4) is 0 Å². The minimum Gasteiger partial charge on any atom is -0.372 e. The fourth-order valence-electron chi connectivity index (χ4n) is 1.63. The molecule has 0 radical (unpaired) electrons. The Morgan fingerprint density at radius 1 is 1.33 bits per heavy atom.